The summed E-state index contributed by atoms with van der Waals surface area (Å²) >= 11 is 0. The van der Waals surface area contributed by atoms with Gasteiger partial charge in [-0.1, -0.05) is 19.1 Å². The number of hydrogen-bond acceptors (Lipinski definition) is 3. The van der Waals surface area contributed by atoms with Gasteiger partial charge in [-0.2, -0.15) is 0 Å². The fourth-order valence-electron chi connectivity index (χ4n) is 2.08. The highest BCUT2D eigenvalue weighted by molar-refractivity contribution is 5.96. The van der Waals surface area contributed by atoms with E-state index in [0.29, 0.717) is 29.1 Å². The van der Waals surface area contributed by atoms with Crippen molar-refractivity contribution in [1.29, 1.82) is 0 Å². The van der Waals surface area contributed by atoms with Crippen LogP contribution in [0.1, 0.15) is 36.7 Å². The van der Waals surface area contributed by atoms with Crippen LogP contribution in [0, 0.1) is 0 Å². The van der Waals surface area contributed by atoms with Crippen molar-refractivity contribution in [2.24, 2.45) is 0 Å². The van der Waals surface area contributed by atoms with E-state index in [2.05, 4.69) is 0 Å². The summed E-state index contributed by atoms with van der Waals surface area (Å²) in [5, 5.41) is 9.35. The molecule has 2 rings (SSSR count). The van der Waals surface area contributed by atoms with E-state index in [4.69, 9.17) is 9.15 Å². The van der Waals surface area contributed by atoms with E-state index in [1.165, 1.54) is 6.26 Å². The Morgan fingerprint density at radius 3 is 2.75 bits per heavy atom. The molecule has 4 heteroatoms. The van der Waals surface area contributed by atoms with Gasteiger partial charge in [0.15, 0.2) is 0 Å². The minimum absolute atomic E-state index is 0.0620. The molecular formula is C16H18O4. The third-order valence-electron chi connectivity index (χ3n) is 2.93. The number of aryl methyl sites for hydroxylation is 1. The summed E-state index contributed by atoms with van der Waals surface area (Å²) in [6.07, 6.45) is 2.19. The highest BCUT2D eigenvalue weighted by atomic mass is 16.5. The average Bonchev–Trinajstić information content (AvgIpc) is 2.82. The summed E-state index contributed by atoms with van der Waals surface area (Å²) in [6, 6.07) is 7.28. The smallest absolute Gasteiger partial charge is 0.339 e. The minimum atomic E-state index is -0.971. The van der Waals surface area contributed by atoms with E-state index in [9.17, 15) is 9.90 Å². The van der Waals surface area contributed by atoms with Crippen LogP contribution in [0.2, 0.25) is 0 Å². The van der Waals surface area contributed by atoms with Gasteiger partial charge in [-0.3, -0.25) is 0 Å². The van der Waals surface area contributed by atoms with Crippen LogP contribution in [0.3, 0.4) is 0 Å². The molecule has 0 aliphatic rings. The summed E-state index contributed by atoms with van der Waals surface area (Å²) in [5.74, 6) is 0.104. The van der Waals surface area contributed by atoms with Crippen molar-refractivity contribution in [2.75, 3.05) is 0 Å². The first-order chi connectivity index (χ1) is 9.52. The average molecular weight is 274 g/mol. The van der Waals surface area contributed by atoms with Crippen LogP contribution in [-0.2, 0) is 6.42 Å². The minimum Gasteiger partial charge on any atom is -0.491 e. The van der Waals surface area contributed by atoms with Gasteiger partial charge in [0.1, 0.15) is 17.1 Å². The zero-order valence-electron chi connectivity index (χ0n) is 11.8. The fourth-order valence-corrected chi connectivity index (χ4v) is 2.08. The van der Waals surface area contributed by atoms with Gasteiger partial charge in [-0.05, 0) is 32.4 Å². The molecule has 1 N–H and O–H groups in total. The predicted octanol–water partition coefficient (Wildman–Crippen LogP) is 3.99. The molecule has 0 atom stereocenters. The topological polar surface area (TPSA) is 59.7 Å². The number of carboxylic acids is 1. The van der Waals surface area contributed by atoms with E-state index in [1.807, 2.05) is 39.0 Å². The van der Waals surface area contributed by atoms with Crippen LogP contribution in [-0.4, -0.2) is 17.2 Å². The SMILES string of the molecule is CCc1coc(-c2cccc(OC(C)C)c2)c1C(=O)O. The lowest BCUT2D eigenvalue weighted by molar-refractivity contribution is 0.0696. The van der Waals surface area contributed by atoms with Crippen LogP contribution in [0.15, 0.2) is 34.9 Å². The van der Waals surface area contributed by atoms with E-state index in [0.717, 1.165) is 0 Å². The van der Waals surface area contributed by atoms with Gasteiger partial charge >= 0.3 is 5.97 Å². The molecule has 0 radical (unpaired) electrons. The number of hydrogen-bond donors (Lipinski definition) is 1. The summed E-state index contributed by atoms with van der Waals surface area (Å²) in [4.78, 5) is 11.4. The van der Waals surface area contributed by atoms with Crippen molar-refractivity contribution >= 4 is 5.97 Å². The number of benzene rings is 1. The Morgan fingerprint density at radius 1 is 1.40 bits per heavy atom. The summed E-state index contributed by atoms with van der Waals surface area (Å²) in [7, 11) is 0. The quantitative estimate of drug-likeness (QED) is 0.895. The van der Waals surface area contributed by atoms with Gasteiger partial charge in [0, 0.05) is 11.1 Å². The van der Waals surface area contributed by atoms with Crippen LogP contribution < -0.4 is 4.74 Å². The van der Waals surface area contributed by atoms with Crippen molar-refractivity contribution in [3.05, 3.63) is 41.7 Å². The number of ether oxygens (including phenoxy) is 1. The molecule has 0 amide bonds. The lowest BCUT2D eigenvalue weighted by Gasteiger charge is -2.10. The molecule has 1 aromatic heterocycles. The highest BCUT2D eigenvalue weighted by Crippen LogP contribution is 2.31. The van der Waals surface area contributed by atoms with Crippen molar-refractivity contribution in [2.45, 2.75) is 33.3 Å². The molecule has 0 fully saturated rings. The Kier molecular flexibility index (Phi) is 4.13. The van der Waals surface area contributed by atoms with Crippen LogP contribution >= 0.6 is 0 Å². The first kappa shape index (κ1) is 14.2. The van der Waals surface area contributed by atoms with E-state index < -0.39 is 5.97 Å². The van der Waals surface area contributed by atoms with E-state index in [-0.39, 0.29) is 11.7 Å². The lowest BCUT2D eigenvalue weighted by atomic mass is 10.0. The van der Waals surface area contributed by atoms with Gasteiger partial charge < -0.3 is 14.3 Å². The molecule has 106 valence electrons. The first-order valence-corrected chi connectivity index (χ1v) is 6.63. The first-order valence-electron chi connectivity index (χ1n) is 6.63. The normalized spacial score (nSPS) is 10.8. The number of aromatic carboxylic acids is 1. The third kappa shape index (κ3) is 2.85. The maximum atomic E-state index is 11.4. The van der Waals surface area contributed by atoms with Crippen molar-refractivity contribution in [3.8, 4) is 17.1 Å². The van der Waals surface area contributed by atoms with Gasteiger partial charge in [0.25, 0.3) is 0 Å². The van der Waals surface area contributed by atoms with Crippen LogP contribution in [0.4, 0.5) is 0 Å². The second-order valence-corrected chi connectivity index (χ2v) is 4.82. The Bertz CT molecular complexity index is 611. The zero-order chi connectivity index (χ0) is 14.7. The predicted molar refractivity (Wildman–Crippen MR) is 76.2 cm³/mol. The maximum absolute atomic E-state index is 11.4. The third-order valence-corrected chi connectivity index (χ3v) is 2.93. The van der Waals surface area contributed by atoms with Gasteiger partial charge in [0.2, 0.25) is 0 Å². The van der Waals surface area contributed by atoms with E-state index >= 15 is 0 Å². The summed E-state index contributed by atoms with van der Waals surface area (Å²) in [6.45, 7) is 5.79. The largest absolute Gasteiger partial charge is 0.491 e. The number of carboxylic acid groups (broad SMARTS) is 1. The standard InChI is InChI=1S/C16H18O4/c1-4-11-9-19-15(14(11)16(17)18)12-6-5-7-13(8-12)20-10(2)3/h5-10H,4H2,1-3H3,(H,17,18). The number of rotatable bonds is 5. The molecule has 2 aromatic rings. The molecule has 0 spiro atoms. The molecule has 0 unspecified atom stereocenters. The van der Waals surface area contributed by atoms with Crippen molar-refractivity contribution < 1.29 is 19.1 Å². The Morgan fingerprint density at radius 2 is 2.15 bits per heavy atom. The molecule has 0 saturated heterocycles. The Hall–Kier alpha value is -2.23. The Labute approximate surface area is 118 Å². The fraction of sp³-hybridized carbons (Fsp3) is 0.312. The van der Waals surface area contributed by atoms with E-state index in [1.54, 1.807) is 6.07 Å². The molecule has 1 heterocycles. The molecule has 0 aliphatic heterocycles. The summed E-state index contributed by atoms with van der Waals surface area (Å²) in [5.41, 5.74) is 1.64. The molecule has 20 heavy (non-hydrogen) atoms. The number of furan rings is 1. The van der Waals surface area contributed by atoms with Crippen molar-refractivity contribution in [1.82, 2.24) is 0 Å². The zero-order valence-corrected chi connectivity index (χ0v) is 11.8. The van der Waals surface area contributed by atoms with Gasteiger partial charge in [0.05, 0.1) is 12.4 Å². The molecule has 1 aromatic carbocycles. The second-order valence-electron chi connectivity index (χ2n) is 4.82. The molecule has 0 saturated carbocycles. The monoisotopic (exact) mass is 274 g/mol. The number of carbonyl (C=O) groups is 1. The molecule has 0 aliphatic carbocycles. The molecule has 4 nitrogen and oxygen atoms in total. The molecular weight excluding hydrogens is 256 g/mol. The second kappa shape index (κ2) is 5.82. The summed E-state index contributed by atoms with van der Waals surface area (Å²) < 4.78 is 11.1. The molecule has 0 bridgehead atoms. The van der Waals surface area contributed by atoms with Crippen molar-refractivity contribution in [3.63, 3.8) is 0 Å². The maximum Gasteiger partial charge on any atom is 0.339 e. The Balaban J connectivity index is 2.46. The highest BCUT2D eigenvalue weighted by Gasteiger charge is 2.20. The lowest BCUT2D eigenvalue weighted by Crippen LogP contribution is -2.05. The van der Waals surface area contributed by atoms with Crippen LogP contribution in [0.5, 0.6) is 5.75 Å². The van der Waals surface area contributed by atoms with Gasteiger partial charge in [-0.15, -0.1) is 0 Å². The van der Waals surface area contributed by atoms with Gasteiger partial charge in [-0.25, -0.2) is 4.79 Å². The van der Waals surface area contributed by atoms with Crippen LogP contribution in [0.25, 0.3) is 11.3 Å².